The summed E-state index contributed by atoms with van der Waals surface area (Å²) in [5, 5.41) is 8.44. The van der Waals surface area contributed by atoms with E-state index in [1.54, 1.807) is 0 Å². The molecule has 0 fully saturated rings. The van der Waals surface area contributed by atoms with E-state index < -0.39 is 0 Å². The Morgan fingerprint density at radius 1 is 1.36 bits per heavy atom. The zero-order chi connectivity index (χ0) is 10.2. The van der Waals surface area contributed by atoms with Crippen molar-refractivity contribution < 1.29 is 9.90 Å². The minimum absolute atomic E-state index is 0.0187. The molecule has 1 aromatic carbocycles. The van der Waals surface area contributed by atoms with Crippen molar-refractivity contribution in [1.29, 1.82) is 0 Å². The van der Waals surface area contributed by atoms with Crippen LogP contribution in [-0.2, 0) is 11.2 Å². The highest BCUT2D eigenvalue weighted by molar-refractivity contribution is 6.28. The van der Waals surface area contributed by atoms with Crippen LogP contribution in [0.3, 0.4) is 0 Å². The minimum Gasteiger partial charge on any atom is -0.394 e. The van der Waals surface area contributed by atoms with Gasteiger partial charge >= 0.3 is 0 Å². The van der Waals surface area contributed by atoms with Gasteiger partial charge in [-0.1, -0.05) is 30.3 Å². The summed E-state index contributed by atoms with van der Waals surface area (Å²) >= 11 is 0. The van der Waals surface area contributed by atoms with Crippen molar-refractivity contribution in [2.45, 2.75) is 6.42 Å². The Hall–Kier alpha value is -1.48. The molecule has 0 aliphatic rings. The van der Waals surface area contributed by atoms with Crippen LogP contribution in [0.25, 0.3) is 0 Å². The van der Waals surface area contributed by atoms with E-state index in [9.17, 15) is 4.79 Å². The van der Waals surface area contributed by atoms with Crippen LogP contribution in [0, 0.1) is 0 Å². The summed E-state index contributed by atoms with van der Waals surface area (Å²) in [6, 6.07) is 9.50. The number of aliphatic imine (C=N–C) groups is 1. The molecule has 0 aliphatic carbocycles. The number of carbonyl (C=O) groups is 1. The molecule has 0 unspecified atom stereocenters. The first-order valence-corrected chi connectivity index (χ1v) is 4.50. The van der Waals surface area contributed by atoms with Gasteiger partial charge in [-0.25, -0.2) is 0 Å². The lowest BCUT2D eigenvalue weighted by Gasteiger charge is -1.95. The van der Waals surface area contributed by atoms with Gasteiger partial charge in [-0.15, -0.1) is 0 Å². The molecule has 0 atom stereocenters. The Bertz CT molecular complexity index is 306. The van der Waals surface area contributed by atoms with E-state index in [0.717, 1.165) is 5.56 Å². The van der Waals surface area contributed by atoms with E-state index >= 15 is 0 Å². The molecule has 0 amide bonds. The first-order chi connectivity index (χ1) is 6.83. The summed E-state index contributed by atoms with van der Waals surface area (Å²) in [6.07, 6.45) is 1.65. The minimum atomic E-state index is -0.0374. The monoisotopic (exact) mass is 191 g/mol. The second-order valence-corrected chi connectivity index (χ2v) is 2.89. The topological polar surface area (TPSA) is 49.7 Å². The maximum atomic E-state index is 11.3. The van der Waals surface area contributed by atoms with Crippen LogP contribution >= 0.6 is 0 Å². The average Bonchev–Trinajstić information content (AvgIpc) is 2.20. The second kappa shape index (κ2) is 6.05. The van der Waals surface area contributed by atoms with E-state index in [2.05, 4.69) is 4.99 Å². The normalized spacial score (nSPS) is 10.6. The zero-order valence-electron chi connectivity index (χ0n) is 7.89. The van der Waals surface area contributed by atoms with Crippen molar-refractivity contribution >= 4 is 12.0 Å². The molecule has 3 heteroatoms. The van der Waals surface area contributed by atoms with E-state index in [1.807, 2.05) is 30.3 Å². The van der Waals surface area contributed by atoms with Crippen molar-refractivity contribution in [3.8, 4) is 0 Å². The van der Waals surface area contributed by atoms with Crippen molar-refractivity contribution in [2.24, 2.45) is 4.99 Å². The number of ketones is 1. The fourth-order valence-electron chi connectivity index (χ4n) is 1.07. The van der Waals surface area contributed by atoms with Gasteiger partial charge in [0.1, 0.15) is 0 Å². The first-order valence-electron chi connectivity index (χ1n) is 4.50. The summed E-state index contributed by atoms with van der Waals surface area (Å²) in [7, 11) is 0. The number of aliphatic hydroxyl groups is 1. The van der Waals surface area contributed by atoms with Crippen LogP contribution in [0.1, 0.15) is 5.56 Å². The van der Waals surface area contributed by atoms with E-state index in [-0.39, 0.29) is 12.4 Å². The highest BCUT2D eigenvalue weighted by atomic mass is 16.3. The zero-order valence-corrected chi connectivity index (χ0v) is 7.89. The van der Waals surface area contributed by atoms with Gasteiger partial charge in [0, 0.05) is 6.42 Å². The predicted molar refractivity (Wildman–Crippen MR) is 55.6 cm³/mol. The standard InChI is InChI=1S/C11H13NO2/c13-7-6-12-9-11(14)8-10-4-2-1-3-5-10/h1-5,9,13H,6-8H2. The maximum absolute atomic E-state index is 11.3. The molecule has 0 radical (unpaired) electrons. The van der Waals surface area contributed by atoms with Crippen LogP contribution in [-0.4, -0.2) is 30.3 Å². The third kappa shape index (κ3) is 3.96. The molecular formula is C11H13NO2. The van der Waals surface area contributed by atoms with Crippen molar-refractivity contribution in [3.05, 3.63) is 35.9 Å². The molecule has 1 N–H and O–H groups in total. The molecule has 1 aromatic rings. The Morgan fingerprint density at radius 2 is 2.07 bits per heavy atom. The largest absolute Gasteiger partial charge is 0.394 e. The van der Waals surface area contributed by atoms with Gasteiger partial charge in [0.15, 0.2) is 5.78 Å². The number of rotatable bonds is 5. The Kier molecular flexibility index (Phi) is 4.58. The summed E-state index contributed by atoms with van der Waals surface area (Å²) in [4.78, 5) is 15.0. The summed E-state index contributed by atoms with van der Waals surface area (Å²) < 4.78 is 0. The molecule has 0 saturated heterocycles. The fourth-order valence-corrected chi connectivity index (χ4v) is 1.07. The number of aliphatic hydroxyl groups excluding tert-OH is 1. The van der Waals surface area contributed by atoms with E-state index in [0.29, 0.717) is 13.0 Å². The third-order valence-corrected chi connectivity index (χ3v) is 1.69. The van der Waals surface area contributed by atoms with Gasteiger partial charge in [-0.2, -0.15) is 0 Å². The molecule has 0 saturated carbocycles. The van der Waals surface area contributed by atoms with E-state index in [4.69, 9.17) is 5.11 Å². The van der Waals surface area contributed by atoms with Crippen LogP contribution < -0.4 is 0 Å². The van der Waals surface area contributed by atoms with Crippen LogP contribution in [0.4, 0.5) is 0 Å². The molecule has 14 heavy (non-hydrogen) atoms. The SMILES string of the molecule is O=C(C=NCCO)Cc1ccccc1. The number of carbonyl (C=O) groups excluding carboxylic acids is 1. The van der Waals surface area contributed by atoms with Crippen LogP contribution in [0.5, 0.6) is 0 Å². The van der Waals surface area contributed by atoms with Gasteiger partial charge in [0.25, 0.3) is 0 Å². The smallest absolute Gasteiger partial charge is 0.177 e. The summed E-state index contributed by atoms with van der Waals surface area (Å²) in [6.45, 7) is 0.273. The maximum Gasteiger partial charge on any atom is 0.177 e. The number of Topliss-reactive ketones (excluding diaryl/α,β-unsaturated/α-hetero) is 1. The molecule has 1 rings (SSSR count). The predicted octanol–water partition coefficient (Wildman–Crippen LogP) is 0.861. The number of hydrogen-bond donors (Lipinski definition) is 1. The molecule has 0 spiro atoms. The van der Waals surface area contributed by atoms with E-state index in [1.165, 1.54) is 6.21 Å². The molecule has 0 heterocycles. The van der Waals surface area contributed by atoms with Crippen molar-refractivity contribution in [2.75, 3.05) is 13.2 Å². The highest BCUT2D eigenvalue weighted by Crippen LogP contribution is 1.99. The molecule has 0 aliphatic heterocycles. The Morgan fingerprint density at radius 3 is 2.71 bits per heavy atom. The molecular weight excluding hydrogens is 178 g/mol. The van der Waals surface area contributed by atoms with Crippen molar-refractivity contribution in [3.63, 3.8) is 0 Å². The van der Waals surface area contributed by atoms with Crippen LogP contribution in [0.2, 0.25) is 0 Å². The molecule has 3 nitrogen and oxygen atoms in total. The highest BCUT2D eigenvalue weighted by Gasteiger charge is 1.98. The fraction of sp³-hybridized carbons (Fsp3) is 0.273. The van der Waals surface area contributed by atoms with Gasteiger partial charge < -0.3 is 5.11 Å². The Labute approximate surface area is 83.1 Å². The Balaban J connectivity index is 2.42. The molecule has 74 valence electrons. The van der Waals surface area contributed by atoms with Gasteiger partial charge in [-0.3, -0.25) is 9.79 Å². The quantitative estimate of drug-likeness (QED) is 0.702. The summed E-state index contributed by atoms with van der Waals surface area (Å²) in [5.41, 5.74) is 0.980. The lowest BCUT2D eigenvalue weighted by atomic mass is 10.1. The van der Waals surface area contributed by atoms with Crippen LogP contribution in [0.15, 0.2) is 35.3 Å². The average molecular weight is 191 g/mol. The van der Waals surface area contributed by atoms with Crippen molar-refractivity contribution in [1.82, 2.24) is 0 Å². The number of nitrogens with zero attached hydrogens (tertiary/aromatic N) is 1. The van der Waals surface area contributed by atoms with Gasteiger partial charge in [-0.05, 0) is 5.56 Å². The number of hydrogen-bond acceptors (Lipinski definition) is 3. The first kappa shape index (κ1) is 10.6. The molecule has 0 bridgehead atoms. The third-order valence-electron chi connectivity index (χ3n) is 1.69. The summed E-state index contributed by atoms with van der Waals surface area (Å²) in [5.74, 6) is -0.0374. The lowest BCUT2D eigenvalue weighted by molar-refractivity contribution is -0.112. The van der Waals surface area contributed by atoms with Gasteiger partial charge in [0.05, 0.1) is 19.4 Å². The molecule has 0 aromatic heterocycles. The lowest BCUT2D eigenvalue weighted by Crippen LogP contribution is -2.04. The van der Waals surface area contributed by atoms with Gasteiger partial charge in [0.2, 0.25) is 0 Å². The second-order valence-electron chi connectivity index (χ2n) is 2.89. The number of benzene rings is 1.